The van der Waals surface area contributed by atoms with Gasteiger partial charge < -0.3 is 20.6 Å². The third kappa shape index (κ3) is 6.53. The summed E-state index contributed by atoms with van der Waals surface area (Å²) in [6.45, 7) is 5.55. The third-order valence-electron chi connectivity index (χ3n) is 5.06. The molecule has 0 aliphatic heterocycles. The standard InChI is InChI=1S/C20H30N4O4/c1-3-23(14-19(26)27)17-10-16(11-17)22-20(28)21-12-18(25)24(4-2)13-15-8-6-5-7-9-15/h5-9,16-17H,3-4,10-14H2,1-2H3,(H,26,27)(H2,21,22,28). The van der Waals surface area contributed by atoms with E-state index in [0.29, 0.717) is 19.6 Å². The lowest BCUT2D eigenvalue weighted by Crippen LogP contribution is -2.56. The fraction of sp³-hybridized carbons (Fsp3) is 0.550. The molecule has 1 aromatic carbocycles. The molecule has 0 saturated heterocycles. The van der Waals surface area contributed by atoms with Crippen molar-refractivity contribution in [1.29, 1.82) is 0 Å². The first-order valence-corrected chi connectivity index (χ1v) is 9.74. The number of nitrogens with one attached hydrogen (secondary N) is 2. The van der Waals surface area contributed by atoms with Gasteiger partial charge in [0.1, 0.15) is 0 Å². The number of carboxylic acids is 1. The maximum absolute atomic E-state index is 12.4. The van der Waals surface area contributed by atoms with Crippen molar-refractivity contribution in [2.45, 2.75) is 45.3 Å². The number of carboxylic acid groups (broad SMARTS) is 1. The monoisotopic (exact) mass is 390 g/mol. The Bertz CT molecular complexity index is 661. The van der Waals surface area contributed by atoms with Gasteiger partial charge in [-0.1, -0.05) is 37.3 Å². The minimum Gasteiger partial charge on any atom is -0.480 e. The lowest BCUT2D eigenvalue weighted by Gasteiger charge is -2.42. The van der Waals surface area contributed by atoms with Gasteiger partial charge in [-0.2, -0.15) is 0 Å². The molecule has 0 heterocycles. The fourth-order valence-corrected chi connectivity index (χ4v) is 3.36. The molecule has 1 aliphatic rings. The van der Waals surface area contributed by atoms with Crippen LogP contribution in [-0.2, 0) is 16.1 Å². The van der Waals surface area contributed by atoms with Gasteiger partial charge in [0.2, 0.25) is 5.91 Å². The van der Waals surface area contributed by atoms with Crippen LogP contribution in [0.25, 0.3) is 0 Å². The summed E-state index contributed by atoms with van der Waals surface area (Å²) in [7, 11) is 0. The van der Waals surface area contributed by atoms with E-state index in [9.17, 15) is 14.4 Å². The molecule has 28 heavy (non-hydrogen) atoms. The van der Waals surface area contributed by atoms with E-state index in [0.717, 1.165) is 18.4 Å². The molecule has 2 rings (SSSR count). The molecule has 0 atom stereocenters. The number of likely N-dealkylation sites (N-methyl/N-ethyl adjacent to an activating group) is 2. The second kappa shape index (κ2) is 10.7. The van der Waals surface area contributed by atoms with E-state index >= 15 is 0 Å². The van der Waals surface area contributed by atoms with Gasteiger partial charge in [0.15, 0.2) is 0 Å². The Labute approximate surface area is 165 Å². The van der Waals surface area contributed by atoms with Crippen LogP contribution in [0.2, 0.25) is 0 Å². The van der Waals surface area contributed by atoms with Crippen LogP contribution < -0.4 is 10.6 Å². The number of carbonyl (C=O) groups is 3. The average molecular weight is 390 g/mol. The summed E-state index contributed by atoms with van der Waals surface area (Å²) >= 11 is 0. The molecule has 0 radical (unpaired) electrons. The first-order valence-electron chi connectivity index (χ1n) is 9.74. The van der Waals surface area contributed by atoms with E-state index in [2.05, 4.69) is 10.6 Å². The van der Waals surface area contributed by atoms with Crippen LogP contribution in [0.4, 0.5) is 4.79 Å². The Morgan fingerprint density at radius 2 is 1.79 bits per heavy atom. The summed E-state index contributed by atoms with van der Waals surface area (Å²) in [6.07, 6.45) is 1.44. The molecule has 0 unspecified atom stereocenters. The van der Waals surface area contributed by atoms with E-state index < -0.39 is 5.97 Å². The minimum absolute atomic E-state index is 0.00884. The summed E-state index contributed by atoms with van der Waals surface area (Å²) in [5.41, 5.74) is 1.05. The van der Waals surface area contributed by atoms with Gasteiger partial charge >= 0.3 is 12.0 Å². The van der Waals surface area contributed by atoms with Crippen LogP contribution in [0, 0.1) is 0 Å². The molecule has 8 nitrogen and oxygen atoms in total. The number of nitrogens with zero attached hydrogens (tertiary/aromatic N) is 2. The van der Waals surface area contributed by atoms with Gasteiger partial charge in [0.25, 0.3) is 0 Å². The number of hydrogen-bond donors (Lipinski definition) is 3. The van der Waals surface area contributed by atoms with E-state index in [1.165, 1.54) is 0 Å². The van der Waals surface area contributed by atoms with Crippen molar-refractivity contribution in [3.05, 3.63) is 35.9 Å². The molecule has 8 heteroatoms. The lowest BCUT2D eigenvalue weighted by atomic mass is 9.85. The molecule has 0 spiro atoms. The largest absolute Gasteiger partial charge is 0.480 e. The highest BCUT2D eigenvalue weighted by molar-refractivity contribution is 5.84. The predicted octanol–water partition coefficient (Wildman–Crippen LogP) is 1.27. The summed E-state index contributed by atoms with van der Waals surface area (Å²) in [5, 5.41) is 14.4. The molecular formula is C20H30N4O4. The molecule has 0 bridgehead atoms. The van der Waals surface area contributed by atoms with Crippen LogP contribution in [0.5, 0.6) is 0 Å². The topological polar surface area (TPSA) is 102 Å². The number of hydrogen-bond acceptors (Lipinski definition) is 4. The maximum atomic E-state index is 12.4. The number of benzene rings is 1. The first-order chi connectivity index (χ1) is 13.4. The maximum Gasteiger partial charge on any atom is 0.317 e. The van der Waals surface area contributed by atoms with E-state index in [1.54, 1.807) is 4.90 Å². The SMILES string of the molecule is CCN(Cc1ccccc1)C(=O)CNC(=O)NC1CC(N(CC)CC(=O)O)C1. The zero-order chi connectivity index (χ0) is 20.5. The lowest BCUT2D eigenvalue weighted by molar-refractivity contribution is -0.139. The quantitative estimate of drug-likeness (QED) is 0.558. The average Bonchev–Trinajstić information content (AvgIpc) is 2.65. The minimum atomic E-state index is -0.842. The normalized spacial score (nSPS) is 18.2. The molecule has 1 aromatic rings. The smallest absolute Gasteiger partial charge is 0.317 e. The summed E-state index contributed by atoms with van der Waals surface area (Å²) in [6, 6.07) is 9.54. The number of carbonyl (C=O) groups excluding carboxylic acids is 2. The summed E-state index contributed by atoms with van der Waals surface area (Å²) in [5.74, 6) is -0.975. The highest BCUT2D eigenvalue weighted by atomic mass is 16.4. The zero-order valence-corrected chi connectivity index (χ0v) is 16.6. The van der Waals surface area contributed by atoms with Gasteiger partial charge in [-0.05, 0) is 31.9 Å². The Hall–Kier alpha value is -2.61. The van der Waals surface area contributed by atoms with Crippen molar-refractivity contribution in [3.63, 3.8) is 0 Å². The van der Waals surface area contributed by atoms with Crippen LogP contribution >= 0.6 is 0 Å². The van der Waals surface area contributed by atoms with Gasteiger partial charge in [-0.25, -0.2) is 4.79 Å². The van der Waals surface area contributed by atoms with Gasteiger partial charge in [-0.15, -0.1) is 0 Å². The Morgan fingerprint density at radius 3 is 2.36 bits per heavy atom. The molecule has 154 valence electrons. The van der Waals surface area contributed by atoms with Gasteiger partial charge in [-0.3, -0.25) is 14.5 Å². The Kier molecular flexibility index (Phi) is 8.25. The van der Waals surface area contributed by atoms with Gasteiger partial charge in [0.05, 0.1) is 13.1 Å². The second-order valence-electron chi connectivity index (χ2n) is 7.00. The van der Waals surface area contributed by atoms with E-state index in [4.69, 9.17) is 5.11 Å². The van der Waals surface area contributed by atoms with Crippen molar-refractivity contribution in [2.75, 3.05) is 26.2 Å². The first kappa shape index (κ1) is 21.7. The van der Waals surface area contributed by atoms with Crippen molar-refractivity contribution < 1.29 is 19.5 Å². The van der Waals surface area contributed by atoms with E-state index in [1.807, 2.05) is 49.1 Å². The molecule has 3 N–H and O–H groups in total. The van der Waals surface area contributed by atoms with Crippen molar-refractivity contribution >= 4 is 17.9 Å². The fourth-order valence-electron chi connectivity index (χ4n) is 3.36. The number of urea groups is 1. The van der Waals surface area contributed by atoms with E-state index in [-0.39, 0.29) is 37.1 Å². The van der Waals surface area contributed by atoms with Crippen molar-refractivity contribution in [3.8, 4) is 0 Å². The molecule has 1 fully saturated rings. The second-order valence-corrected chi connectivity index (χ2v) is 7.00. The summed E-state index contributed by atoms with van der Waals surface area (Å²) in [4.78, 5) is 38.8. The molecule has 1 aliphatic carbocycles. The van der Waals surface area contributed by atoms with Crippen LogP contribution in [-0.4, -0.2) is 71.1 Å². The highest BCUT2D eigenvalue weighted by Crippen LogP contribution is 2.25. The Balaban J connectivity index is 1.69. The van der Waals surface area contributed by atoms with Crippen LogP contribution in [0.1, 0.15) is 32.3 Å². The zero-order valence-electron chi connectivity index (χ0n) is 16.6. The molecule has 1 saturated carbocycles. The van der Waals surface area contributed by atoms with Gasteiger partial charge in [0, 0.05) is 25.2 Å². The van der Waals surface area contributed by atoms with Crippen molar-refractivity contribution in [1.82, 2.24) is 20.4 Å². The summed E-state index contributed by atoms with van der Waals surface area (Å²) < 4.78 is 0. The third-order valence-corrected chi connectivity index (χ3v) is 5.06. The number of amides is 3. The van der Waals surface area contributed by atoms with Crippen LogP contribution in [0.15, 0.2) is 30.3 Å². The van der Waals surface area contributed by atoms with Crippen molar-refractivity contribution in [2.24, 2.45) is 0 Å². The predicted molar refractivity (Wildman–Crippen MR) is 106 cm³/mol. The molecule has 0 aromatic heterocycles. The number of aliphatic carboxylic acids is 1. The molecule has 3 amide bonds. The number of rotatable bonds is 10. The van der Waals surface area contributed by atoms with Crippen LogP contribution in [0.3, 0.4) is 0 Å². The molecular weight excluding hydrogens is 360 g/mol. The highest BCUT2D eigenvalue weighted by Gasteiger charge is 2.34. The Morgan fingerprint density at radius 1 is 1.11 bits per heavy atom.